The zero-order chi connectivity index (χ0) is 20.8. The van der Waals surface area contributed by atoms with Crippen LogP contribution in [0.15, 0.2) is 63.6 Å². The summed E-state index contributed by atoms with van der Waals surface area (Å²) in [7, 11) is 1.56. The molecule has 1 aliphatic heterocycles. The Morgan fingerprint density at radius 2 is 2.14 bits per heavy atom. The molecule has 0 bridgehead atoms. The third-order valence-corrected chi connectivity index (χ3v) is 5.82. The smallest absolute Gasteiger partial charge is 0.234 e. The number of hydrogen-bond acceptors (Lipinski definition) is 5. The molecule has 1 aliphatic rings. The van der Waals surface area contributed by atoms with Crippen LogP contribution >= 0.6 is 27.7 Å². The Labute approximate surface area is 181 Å². The third-order valence-electron chi connectivity index (χ3n) is 4.31. The minimum atomic E-state index is -0.338. The van der Waals surface area contributed by atoms with Crippen molar-refractivity contribution >= 4 is 45.2 Å². The maximum Gasteiger partial charge on any atom is 0.234 e. The first-order valence-corrected chi connectivity index (χ1v) is 10.5. The number of thioether (sulfide) groups is 1. The van der Waals surface area contributed by atoms with Gasteiger partial charge in [0.15, 0.2) is 0 Å². The number of carbonyl (C=O) groups is 2. The van der Waals surface area contributed by atoms with Crippen LogP contribution in [0.5, 0.6) is 5.75 Å². The van der Waals surface area contributed by atoms with Crippen LogP contribution in [0, 0.1) is 11.3 Å². The van der Waals surface area contributed by atoms with Crippen molar-refractivity contribution < 1.29 is 14.3 Å². The summed E-state index contributed by atoms with van der Waals surface area (Å²) in [5.41, 5.74) is 1.95. The lowest BCUT2D eigenvalue weighted by atomic mass is 9.87. The first-order chi connectivity index (χ1) is 14.0. The molecule has 1 atom stereocenters. The van der Waals surface area contributed by atoms with E-state index >= 15 is 0 Å². The fourth-order valence-corrected chi connectivity index (χ4v) is 4.27. The van der Waals surface area contributed by atoms with Gasteiger partial charge in [-0.3, -0.25) is 9.59 Å². The van der Waals surface area contributed by atoms with Gasteiger partial charge in [0.25, 0.3) is 0 Å². The summed E-state index contributed by atoms with van der Waals surface area (Å²) in [6, 6.07) is 16.8. The fourth-order valence-electron chi connectivity index (χ4n) is 2.98. The summed E-state index contributed by atoms with van der Waals surface area (Å²) in [6.45, 7) is 0. The van der Waals surface area contributed by atoms with E-state index in [4.69, 9.17) is 4.74 Å². The van der Waals surface area contributed by atoms with Gasteiger partial charge in [0.1, 0.15) is 5.75 Å². The molecule has 148 valence electrons. The van der Waals surface area contributed by atoms with Crippen molar-refractivity contribution in [1.82, 2.24) is 5.32 Å². The lowest BCUT2D eigenvalue weighted by molar-refractivity contribution is -0.121. The monoisotopic (exact) mass is 471 g/mol. The Bertz CT molecular complexity index is 1020. The van der Waals surface area contributed by atoms with Crippen molar-refractivity contribution in [3.05, 3.63) is 69.2 Å². The van der Waals surface area contributed by atoms with Crippen molar-refractivity contribution in [1.29, 1.82) is 5.26 Å². The molecule has 2 aromatic rings. The Balaban J connectivity index is 1.74. The summed E-state index contributed by atoms with van der Waals surface area (Å²) in [6.07, 6.45) is 0.194. The number of halogens is 1. The number of carbonyl (C=O) groups excluding carboxylic acids is 2. The zero-order valence-corrected chi connectivity index (χ0v) is 18.0. The third kappa shape index (κ3) is 5.40. The van der Waals surface area contributed by atoms with Gasteiger partial charge < -0.3 is 15.4 Å². The van der Waals surface area contributed by atoms with E-state index in [-0.39, 0.29) is 29.9 Å². The maximum atomic E-state index is 12.3. The van der Waals surface area contributed by atoms with Crippen molar-refractivity contribution in [2.75, 3.05) is 18.2 Å². The van der Waals surface area contributed by atoms with Crippen LogP contribution in [0.1, 0.15) is 17.9 Å². The number of amides is 2. The molecule has 0 spiro atoms. The normalized spacial score (nSPS) is 16.0. The number of rotatable bonds is 6. The molecule has 2 N–H and O–H groups in total. The van der Waals surface area contributed by atoms with Gasteiger partial charge in [-0.1, -0.05) is 45.9 Å². The Hall–Kier alpha value is -2.76. The minimum Gasteiger partial charge on any atom is -0.497 e. The predicted molar refractivity (Wildman–Crippen MR) is 116 cm³/mol. The van der Waals surface area contributed by atoms with Crippen molar-refractivity contribution in [3.8, 4) is 11.8 Å². The van der Waals surface area contributed by atoms with Gasteiger partial charge in [-0.15, -0.1) is 0 Å². The first-order valence-electron chi connectivity index (χ1n) is 8.76. The molecule has 2 aromatic carbocycles. The number of nitrogens with zero attached hydrogens (tertiary/aromatic N) is 1. The van der Waals surface area contributed by atoms with Gasteiger partial charge in [0.2, 0.25) is 11.8 Å². The molecule has 6 nitrogen and oxygen atoms in total. The van der Waals surface area contributed by atoms with Crippen molar-refractivity contribution in [3.63, 3.8) is 0 Å². The molecular formula is C21H18BrN3O3S. The first kappa shape index (κ1) is 21.0. The zero-order valence-electron chi connectivity index (χ0n) is 15.6. The predicted octanol–water partition coefficient (Wildman–Crippen LogP) is 4.17. The molecule has 8 heteroatoms. The van der Waals surface area contributed by atoms with Crippen molar-refractivity contribution in [2.24, 2.45) is 0 Å². The van der Waals surface area contributed by atoms with Crippen LogP contribution in [0.25, 0.3) is 0 Å². The van der Waals surface area contributed by atoms with Crippen molar-refractivity contribution in [2.45, 2.75) is 12.3 Å². The van der Waals surface area contributed by atoms with Gasteiger partial charge in [-0.05, 0) is 29.8 Å². The van der Waals surface area contributed by atoms with E-state index in [9.17, 15) is 14.9 Å². The Morgan fingerprint density at radius 3 is 2.86 bits per heavy atom. The molecule has 29 heavy (non-hydrogen) atoms. The lowest BCUT2D eigenvalue weighted by Crippen LogP contribution is -2.31. The largest absolute Gasteiger partial charge is 0.497 e. The van der Waals surface area contributed by atoms with Crippen LogP contribution in [0.4, 0.5) is 5.69 Å². The molecule has 3 rings (SSSR count). The van der Waals surface area contributed by atoms with Gasteiger partial charge in [0.05, 0.1) is 29.5 Å². The number of nitriles is 1. The second-order valence-corrected chi connectivity index (χ2v) is 8.18. The SMILES string of the molecule is COc1cccc(NC(=O)CSC2=C(C#N)C(c3cccc(Br)c3)CC(=O)N2)c1. The van der Waals surface area contributed by atoms with Crippen LogP contribution < -0.4 is 15.4 Å². The van der Waals surface area contributed by atoms with Gasteiger partial charge in [-0.2, -0.15) is 5.26 Å². The van der Waals surface area contributed by atoms with Crippen LogP contribution in [-0.4, -0.2) is 24.7 Å². The number of benzene rings is 2. The molecule has 0 radical (unpaired) electrons. The molecule has 1 heterocycles. The Kier molecular flexibility index (Phi) is 6.96. The quantitative estimate of drug-likeness (QED) is 0.659. The van der Waals surface area contributed by atoms with Crippen LogP contribution in [0.3, 0.4) is 0 Å². The summed E-state index contributed by atoms with van der Waals surface area (Å²) >= 11 is 4.57. The van der Waals surface area contributed by atoms with Gasteiger partial charge in [-0.25, -0.2) is 0 Å². The van der Waals surface area contributed by atoms with Gasteiger partial charge >= 0.3 is 0 Å². The number of methoxy groups -OCH3 is 1. The number of allylic oxidation sites excluding steroid dienone is 1. The molecule has 2 amide bonds. The average Bonchev–Trinajstić information content (AvgIpc) is 2.72. The molecular weight excluding hydrogens is 454 g/mol. The second kappa shape index (κ2) is 9.63. The number of hydrogen-bond donors (Lipinski definition) is 2. The van der Waals surface area contributed by atoms with E-state index < -0.39 is 0 Å². The molecule has 0 saturated carbocycles. The molecule has 0 fully saturated rings. The van der Waals surface area contributed by atoms with Gasteiger partial charge in [0, 0.05) is 28.6 Å². The summed E-state index contributed by atoms with van der Waals surface area (Å²) in [5, 5.41) is 15.7. The highest BCUT2D eigenvalue weighted by molar-refractivity contribution is 9.10. The molecule has 0 saturated heterocycles. The summed E-state index contributed by atoms with van der Waals surface area (Å²) in [4.78, 5) is 24.5. The fraction of sp³-hybridized carbons (Fsp3) is 0.190. The van der Waals surface area contributed by atoms with E-state index in [2.05, 4.69) is 32.6 Å². The van der Waals surface area contributed by atoms with E-state index in [1.807, 2.05) is 24.3 Å². The summed E-state index contributed by atoms with van der Waals surface area (Å²) in [5.74, 6) is -0.0588. The molecule has 0 aliphatic carbocycles. The topological polar surface area (TPSA) is 91.2 Å². The highest BCUT2D eigenvalue weighted by Crippen LogP contribution is 2.36. The molecule has 1 unspecified atom stereocenters. The lowest BCUT2D eigenvalue weighted by Gasteiger charge is -2.25. The highest BCUT2D eigenvalue weighted by Gasteiger charge is 2.30. The standard InChI is InChI=1S/C21H18BrN3O3S/c1-28-16-7-3-6-15(9-16)24-20(27)12-29-21-18(11-23)17(10-19(26)25-21)13-4-2-5-14(22)8-13/h2-9,17H,10,12H2,1H3,(H,24,27)(H,25,26). The molecule has 0 aromatic heterocycles. The number of nitrogens with one attached hydrogen (secondary N) is 2. The van der Waals surface area contributed by atoms with E-state index in [1.165, 1.54) is 0 Å². The second-order valence-electron chi connectivity index (χ2n) is 6.28. The van der Waals surface area contributed by atoms with E-state index in [1.54, 1.807) is 31.4 Å². The van der Waals surface area contributed by atoms with E-state index in [0.29, 0.717) is 22.0 Å². The minimum absolute atomic E-state index is 0.0587. The number of anilines is 1. The highest BCUT2D eigenvalue weighted by atomic mass is 79.9. The average molecular weight is 472 g/mol. The summed E-state index contributed by atoms with van der Waals surface area (Å²) < 4.78 is 6.02. The maximum absolute atomic E-state index is 12.3. The number of ether oxygens (including phenoxy) is 1. The van der Waals surface area contributed by atoms with E-state index in [0.717, 1.165) is 21.8 Å². The van der Waals surface area contributed by atoms with Crippen LogP contribution in [-0.2, 0) is 9.59 Å². The Morgan fingerprint density at radius 1 is 1.34 bits per heavy atom. The van der Waals surface area contributed by atoms with Crippen LogP contribution in [0.2, 0.25) is 0 Å².